The molecule has 0 spiro atoms. The highest BCUT2D eigenvalue weighted by atomic mass is 19.1. The fourth-order valence-electron chi connectivity index (χ4n) is 4.86. The number of nitrogens with one attached hydrogen (secondary N) is 2. The summed E-state index contributed by atoms with van der Waals surface area (Å²) in [6.45, 7) is 1.59. The van der Waals surface area contributed by atoms with Crippen LogP contribution in [0.3, 0.4) is 0 Å². The molecular weight excluding hydrogens is 553 g/mol. The fraction of sp³-hybridized carbons (Fsp3) is 0.161. The highest BCUT2D eigenvalue weighted by Gasteiger charge is 2.26. The molecule has 0 saturated carbocycles. The quantitative estimate of drug-likeness (QED) is 0.293. The second-order valence-corrected chi connectivity index (χ2v) is 10.1. The molecule has 2 amide bonds. The van der Waals surface area contributed by atoms with E-state index in [9.17, 15) is 18.8 Å². The van der Waals surface area contributed by atoms with E-state index in [0.29, 0.717) is 40.5 Å². The van der Waals surface area contributed by atoms with E-state index in [1.807, 2.05) is 7.05 Å². The first kappa shape index (κ1) is 27.7. The van der Waals surface area contributed by atoms with Crippen molar-refractivity contribution in [1.29, 1.82) is 0 Å². The van der Waals surface area contributed by atoms with Crippen molar-refractivity contribution in [2.75, 3.05) is 30.8 Å². The number of rotatable bonds is 7. The second-order valence-electron chi connectivity index (χ2n) is 10.1. The number of carbonyl (C=O) groups excluding carboxylic acids is 2. The van der Waals surface area contributed by atoms with E-state index >= 15 is 0 Å². The van der Waals surface area contributed by atoms with E-state index in [1.54, 1.807) is 42.7 Å². The van der Waals surface area contributed by atoms with E-state index in [4.69, 9.17) is 4.74 Å². The molecule has 216 valence electrons. The lowest BCUT2D eigenvalue weighted by Gasteiger charge is -2.12. The first-order valence-corrected chi connectivity index (χ1v) is 13.5. The maximum atomic E-state index is 13.3. The number of carbonyl (C=O) groups is 2. The van der Waals surface area contributed by atoms with Gasteiger partial charge in [0.15, 0.2) is 0 Å². The van der Waals surface area contributed by atoms with E-state index in [0.717, 1.165) is 13.0 Å². The van der Waals surface area contributed by atoms with Crippen molar-refractivity contribution >= 4 is 34.4 Å². The van der Waals surface area contributed by atoms with Gasteiger partial charge in [-0.2, -0.15) is 0 Å². The summed E-state index contributed by atoms with van der Waals surface area (Å²) in [5.74, 6) is 0.242. The summed E-state index contributed by atoms with van der Waals surface area (Å²) in [6, 6.07) is 14.9. The van der Waals surface area contributed by atoms with Crippen LogP contribution in [0.5, 0.6) is 11.5 Å². The van der Waals surface area contributed by atoms with Gasteiger partial charge in [0.25, 0.3) is 11.5 Å². The lowest BCUT2D eigenvalue weighted by molar-refractivity contribution is -0.119. The number of benzene rings is 1. The summed E-state index contributed by atoms with van der Waals surface area (Å²) in [6.07, 6.45) is 6.90. The van der Waals surface area contributed by atoms with Crippen LogP contribution in [0.15, 0.2) is 90.2 Å². The Bertz CT molecular complexity index is 1880. The Morgan fingerprint density at radius 2 is 1.79 bits per heavy atom. The van der Waals surface area contributed by atoms with Gasteiger partial charge in [0.05, 0.1) is 23.8 Å². The van der Waals surface area contributed by atoms with Crippen molar-refractivity contribution in [2.24, 2.45) is 5.92 Å². The Labute approximate surface area is 245 Å². The molecule has 1 saturated heterocycles. The van der Waals surface area contributed by atoms with Crippen LogP contribution in [-0.2, 0) is 4.79 Å². The van der Waals surface area contributed by atoms with Crippen molar-refractivity contribution in [1.82, 2.24) is 24.4 Å². The average Bonchev–Trinajstić information content (AvgIpc) is 3.45. The number of hydrogen-bond acceptors (Lipinski definition) is 8. The third-order valence-electron chi connectivity index (χ3n) is 7.10. The van der Waals surface area contributed by atoms with Crippen LogP contribution in [0.4, 0.5) is 16.0 Å². The summed E-state index contributed by atoms with van der Waals surface area (Å²) in [5, 5.41) is 6.16. The second kappa shape index (κ2) is 11.8. The van der Waals surface area contributed by atoms with E-state index in [2.05, 4.69) is 30.5 Å². The molecule has 6 rings (SSSR count). The maximum absolute atomic E-state index is 13.3. The minimum atomic E-state index is -0.644. The number of fused-ring (bicyclic) bond motifs is 1. The van der Waals surface area contributed by atoms with Gasteiger partial charge in [-0.3, -0.25) is 23.9 Å². The van der Waals surface area contributed by atoms with Crippen molar-refractivity contribution in [3.63, 3.8) is 0 Å². The number of ether oxygens (including phenoxy) is 1. The van der Waals surface area contributed by atoms with E-state index < -0.39 is 17.3 Å². The van der Waals surface area contributed by atoms with Gasteiger partial charge in [0.1, 0.15) is 34.5 Å². The van der Waals surface area contributed by atoms with Gasteiger partial charge in [-0.1, -0.05) is 0 Å². The molecule has 5 heterocycles. The normalized spacial score (nSPS) is 14.9. The zero-order valence-corrected chi connectivity index (χ0v) is 23.0. The molecule has 0 radical (unpaired) electrons. The summed E-state index contributed by atoms with van der Waals surface area (Å²) in [5.41, 5.74) is 0.351. The van der Waals surface area contributed by atoms with Gasteiger partial charge in [-0.25, -0.2) is 14.4 Å². The summed E-state index contributed by atoms with van der Waals surface area (Å²) >= 11 is 0. The minimum Gasteiger partial charge on any atom is -0.455 e. The molecule has 12 heteroatoms. The SMILES string of the molecule is CN1CCC(C(=O)Nc2cc3c(Oc4ccc(NC(=O)c5cccn(-c6ccc(F)cc6)c5=O)nc4)ccnc3cn2)C1. The molecule has 4 aromatic heterocycles. The molecule has 43 heavy (non-hydrogen) atoms. The van der Waals surface area contributed by atoms with E-state index in [1.165, 1.54) is 47.3 Å². The predicted molar refractivity (Wildman–Crippen MR) is 158 cm³/mol. The molecule has 5 aromatic rings. The predicted octanol–water partition coefficient (Wildman–Crippen LogP) is 4.25. The van der Waals surface area contributed by atoms with Gasteiger partial charge in [0, 0.05) is 30.0 Å². The van der Waals surface area contributed by atoms with E-state index in [-0.39, 0.29) is 23.2 Å². The zero-order valence-electron chi connectivity index (χ0n) is 23.0. The standard InChI is InChI=1S/C31H26FN7O4/c1-38-14-11-19(18-38)29(40)37-28-15-24-25(17-35-28)33-12-10-26(24)43-22-8-9-27(34-16-22)36-30(41)23-3-2-13-39(31(23)42)21-6-4-20(32)5-7-21/h2-10,12-13,15-17,19H,11,14,18H2,1H3,(H,34,36,41)(H,35,37,40). The highest BCUT2D eigenvalue weighted by molar-refractivity contribution is 6.03. The Morgan fingerprint density at radius 1 is 0.977 bits per heavy atom. The van der Waals surface area contributed by atoms with Crippen LogP contribution in [0.25, 0.3) is 16.6 Å². The van der Waals surface area contributed by atoms with Crippen LogP contribution in [0, 0.1) is 11.7 Å². The number of likely N-dealkylation sites (tertiary alicyclic amines) is 1. The molecule has 1 aliphatic heterocycles. The Hall–Kier alpha value is -5.49. The largest absolute Gasteiger partial charge is 0.455 e. The monoisotopic (exact) mass is 579 g/mol. The number of anilines is 2. The van der Waals surface area contributed by atoms with Crippen LogP contribution in [-0.4, -0.2) is 56.4 Å². The minimum absolute atomic E-state index is 0.0747. The molecule has 0 aliphatic carbocycles. The van der Waals surface area contributed by atoms with Crippen molar-refractivity contribution in [2.45, 2.75) is 6.42 Å². The molecule has 1 atom stereocenters. The molecule has 2 N–H and O–H groups in total. The first-order valence-electron chi connectivity index (χ1n) is 13.5. The zero-order chi connectivity index (χ0) is 29.9. The van der Waals surface area contributed by atoms with Crippen molar-refractivity contribution in [3.8, 4) is 17.2 Å². The Balaban J connectivity index is 1.15. The Morgan fingerprint density at radius 3 is 2.53 bits per heavy atom. The van der Waals surface area contributed by atoms with Crippen LogP contribution in [0.2, 0.25) is 0 Å². The van der Waals surface area contributed by atoms with Crippen molar-refractivity contribution < 1.29 is 18.7 Å². The van der Waals surface area contributed by atoms with Crippen LogP contribution < -0.4 is 20.9 Å². The lowest BCUT2D eigenvalue weighted by Crippen LogP contribution is -2.28. The number of nitrogens with zero attached hydrogens (tertiary/aromatic N) is 5. The van der Waals surface area contributed by atoms with Gasteiger partial charge in [-0.05, 0) is 80.7 Å². The number of hydrogen-bond donors (Lipinski definition) is 2. The maximum Gasteiger partial charge on any atom is 0.267 e. The average molecular weight is 580 g/mol. The van der Waals surface area contributed by atoms with Gasteiger partial charge < -0.3 is 20.3 Å². The molecular formula is C31H26FN7O4. The molecule has 1 aliphatic rings. The van der Waals surface area contributed by atoms with Gasteiger partial charge in [-0.15, -0.1) is 0 Å². The summed E-state index contributed by atoms with van der Waals surface area (Å²) < 4.78 is 20.6. The van der Waals surface area contributed by atoms with Crippen LogP contribution in [0.1, 0.15) is 16.8 Å². The molecule has 1 aromatic carbocycles. The van der Waals surface area contributed by atoms with Gasteiger partial charge in [0.2, 0.25) is 5.91 Å². The number of pyridine rings is 4. The van der Waals surface area contributed by atoms with Crippen molar-refractivity contribution in [3.05, 3.63) is 107 Å². The summed E-state index contributed by atoms with van der Waals surface area (Å²) in [7, 11) is 1.99. The third-order valence-corrected chi connectivity index (χ3v) is 7.10. The topological polar surface area (TPSA) is 131 Å². The fourth-order valence-corrected chi connectivity index (χ4v) is 4.86. The first-order chi connectivity index (χ1) is 20.8. The third kappa shape index (κ3) is 6.09. The molecule has 0 bridgehead atoms. The molecule has 1 unspecified atom stereocenters. The lowest BCUT2D eigenvalue weighted by atomic mass is 10.1. The molecule has 1 fully saturated rings. The number of halogens is 1. The van der Waals surface area contributed by atoms with Gasteiger partial charge >= 0.3 is 0 Å². The number of amides is 2. The summed E-state index contributed by atoms with van der Waals surface area (Å²) in [4.78, 5) is 53.6. The Kier molecular flexibility index (Phi) is 7.58. The van der Waals surface area contributed by atoms with Crippen LogP contribution >= 0.6 is 0 Å². The smallest absolute Gasteiger partial charge is 0.267 e. The molecule has 11 nitrogen and oxygen atoms in total. The number of aromatic nitrogens is 4. The highest BCUT2D eigenvalue weighted by Crippen LogP contribution is 2.30.